The van der Waals surface area contributed by atoms with E-state index >= 15 is 0 Å². The van der Waals surface area contributed by atoms with Crippen molar-refractivity contribution in [1.82, 2.24) is 5.32 Å². The van der Waals surface area contributed by atoms with Gasteiger partial charge < -0.3 is 15.7 Å². The SMILES string of the molecule is O=C(NCCCO)C(=O)Nc1ccc(Cl)c([N+](=O)[O-])c1. The Morgan fingerprint density at radius 3 is 2.65 bits per heavy atom. The number of aliphatic hydroxyl groups excluding tert-OH is 1. The molecule has 1 rings (SSSR count). The lowest BCUT2D eigenvalue weighted by molar-refractivity contribution is -0.384. The summed E-state index contributed by atoms with van der Waals surface area (Å²) in [6, 6.07) is 3.65. The quantitative estimate of drug-likeness (QED) is 0.319. The molecule has 9 heteroatoms. The molecule has 0 fully saturated rings. The highest BCUT2D eigenvalue weighted by atomic mass is 35.5. The predicted octanol–water partition coefficient (Wildman–Crippen LogP) is 0.685. The van der Waals surface area contributed by atoms with Gasteiger partial charge in [-0.1, -0.05) is 11.6 Å². The zero-order valence-electron chi connectivity index (χ0n) is 10.3. The van der Waals surface area contributed by atoms with Crippen LogP contribution in [0.3, 0.4) is 0 Å². The zero-order chi connectivity index (χ0) is 15.1. The van der Waals surface area contributed by atoms with E-state index in [1.165, 1.54) is 12.1 Å². The lowest BCUT2D eigenvalue weighted by Crippen LogP contribution is -2.36. The van der Waals surface area contributed by atoms with Crippen molar-refractivity contribution < 1.29 is 19.6 Å². The molecular weight excluding hydrogens is 290 g/mol. The van der Waals surface area contributed by atoms with Crippen LogP contribution in [-0.4, -0.2) is 35.0 Å². The van der Waals surface area contributed by atoms with Crippen LogP contribution in [0.2, 0.25) is 5.02 Å². The number of rotatable bonds is 5. The highest BCUT2D eigenvalue weighted by Crippen LogP contribution is 2.27. The number of hydrogen-bond acceptors (Lipinski definition) is 5. The van der Waals surface area contributed by atoms with Crippen molar-refractivity contribution in [2.24, 2.45) is 0 Å². The van der Waals surface area contributed by atoms with Crippen LogP contribution in [0.15, 0.2) is 18.2 Å². The summed E-state index contributed by atoms with van der Waals surface area (Å²) in [5.74, 6) is -1.85. The molecule has 0 spiro atoms. The van der Waals surface area contributed by atoms with Gasteiger partial charge in [0.1, 0.15) is 5.02 Å². The smallest absolute Gasteiger partial charge is 0.313 e. The van der Waals surface area contributed by atoms with E-state index in [0.29, 0.717) is 6.42 Å². The number of aliphatic hydroxyl groups is 1. The largest absolute Gasteiger partial charge is 0.396 e. The Morgan fingerprint density at radius 1 is 1.35 bits per heavy atom. The zero-order valence-corrected chi connectivity index (χ0v) is 11.0. The van der Waals surface area contributed by atoms with Gasteiger partial charge in [-0.3, -0.25) is 19.7 Å². The number of carbonyl (C=O) groups is 2. The fourth-order valence-electron chi connectivity index (χ4n) is 1.28. The van der Waals surface area contributed by atoms with Gasteiger partial charge in [-0.2, -0.15) is 0 Å². The highest BCUT2D eigenvalue weighted by Gasteiger charge is 2.17. The van der Waals surface area contributed by atoms with Crippen molar-refractivity contribution >= 4 is 34.8 Å². The molecule has 108 valence electrons. The second kappa shape index (κ2) is 7.41. The average molecular weight is 302 g/mol. The third kappa shape index (κ3) is 4.48. The average Bonchev–Trinajstić information content (AvgIpc) is 2.40. The van der Waals surface area contributed by atoms with Gasteiger partial charge in [0.2, 0.25) is 0 Å². The molecule has 0 saturated carbocycles. The van der Waals surface area contributed by atoms with Gasteiger partial charge in [-0.05, 0) is 18.6 Å². The molecule has 0 radical (unpaired) electrons. The molecule has 20 heavy (non-hydrogen) atoms. The Bertz CT molecular complexity index is 535. The summed E-state index contributed by atoms with van der Waals surface area (Å²) in [6.45, 7) is 0.0504. The van der Waals surface area contributed by atoms with Gasteiger partial charge in [0.25, 0.3) is 5.69 Å². The fraction of sp³-hybridized carbons (Fsp3) is 0.273. The fourth-order valence-corrected chi connectivity index (χ4v) is 1.47. The lowest BCUT2D eigenvalue weighted by atomic mass is 10.2. The van der Waals surface area contributed by atoms with Crippen LogP contribution in [-0.2, 0) is 9.59 Å². The number of halogens is 1. The molecular formula is C11H12ClN3O5. The molecule has 0 aliphatic heterocycles. The summed E-state index contributed by atoms with van der Waals surface area (Å²) in [4.78, 5) is 32.8. The number of benzene rings is 1. The number of nitro benzene ring substituents is 1. The van der Waals surface area contributed by atoms with Crippen LogP contribution >= 0.6 is 11.6 Å². The van der Waals surface area contributed by atoms with E-state index in [-0.39, 0.29) is 29.5 Å². The van der Waals surface area contributed by atoms with E-state index in [1.54, 1.807) is 0 Å². The number of anilines is 1. The molecule has 0 atom stereocenters. The third-order valence-corrected chi connectivity index (χ3v) is 2.55. The first-order chi connectivity index (χ1) is 9.45. The van der Waals surface area contributed by atoms with Crippen LogP contribution in [0.25, 0.3) is 0 Å². The second-order valence-electron chi connectivity index (χ2n) is 3.71. The topological polar surface area (TPSA) is 122 Å². The minimum Gasteiger partial charge on any atom is -0.396 e. The van der Waals surface area contributed by atoms with Crippen molar-refractivity contribution in [1.29, 1.82) is 0 Å². The monoisotopic (exact) mass is 301 g/mol. The summed E-state index contributed by atoms with van der Waals surface area (Å²) in [6.07, 6.45) is 0.325. The minimum atomic E-state index is -0.959. The number of carbonyl (C=O) groups excluding carboxylic acids is 2. The van der Waals surface area contributed by atoms with Crippen LogP contribution in [0.1, 0.15) is 6.42 Å². The lowest BCUT2D eigenvalue weighted by Gasteiger charge is -2.06. The molecule has 2 amide bonds. The van der Waals surface area contributed by atoms with Crippen molar-refractivity contribution in [2.75, 3.05) is 18.5 Å². The predicted molar refractivity (Wildman–Crippen MR) is 71.4 cm³/mol. The van der Waals surface area contributed by atoms with E-state index in [9.17, 15) is 19.7 Å². The summed E-state index contributed by atoms with van der Waals surface area (Å²) >= 11 is 5.62. The van der Waals surface area contributed by atoms with E-state index < -0.39 is 16.7 Å². The summed E-state index contributed by atoms with van der Waals surface area (Å²) < 4.78 is 0. The van der Waals surface area contributed by atoms with E-state index in [2.05, 4.69) is 10.6 Å². The van der Waals surface area contributed by atoms with E-state index in [1.807, 2.05) is 0 Å². The molecule has 0 unspecified atom stereocenters. The first-order valence-electron chi connectivity index (χ1n) is 5.59. The van der Waals surface area contributed by atoms with Crippen molar-refractivity contribution in [3.8, 4) is 0 Å². The van der Waals surface area contributed by atoms with Crippen LogP contribution in [0.4, 0.5) is 11.4 Å². The minimum absolute atomic E-state index is 0.0691. The molecule has 0 bridgehead atoms. The molecule has 0 saturated heterocycles. The summed E-state index contributed by atoms with van der Waals surface area (Å²) in [5.41, 5.74) is -0.284. The molecule has 0 aromatic heterocycles. The summed E-state index contributed by atoms with van der Waals surface area (Å²) in [7, 11) is 0. The maximum atomic E-state index is 11.5. The van der Waals surface area contributed by atoms with Crippen molar-refractivity contribution in [3.05, 3.63) is 33.3 Å². The van der Waals surface area contributed by atoms with Gasteiger partial charge >= 0.3 is 11.8 Å². The van der Waals surface area contributed by atoms with Crippen molar-refractivity contribution in [2.45, 2.75) is 6.42 Å². The summed E-state index contributed by atoms with van der Waals surface area (Å²) in [5, 5.41) is 23.6. The van der Waals surface area contributed by atoms with Crippen LogP contribution in [0, 0.1) is 10.1 Å². The Balaban J connectivity index is 2.68. The Kier molecular flexibility index (Phi) is 5.88. The molecule has 1 aromatic carbocycles. The molecule has 8 nitrogen and oxygen atoms in total. The van der Waals surface area contributed by atoms with Gasteiger partial charge in [0.05, 0.1) is 4.92 Å². The standard InChI is InChI=1S/C11H12ClN3O5/c12-8-3-2-7(6-9(8)15(19)20)14-11(18)10(17)13-4-1-5-16/h2-3,6,16H,1,4-5H2,(H,13,17)(H,14,18). The van der Waals surface area contributed by atoms with Crippen LogP contribution < -0.4 is 10.6 Å². The van der Waals surface area contributed by atoms with Gasteiger partial charge in [0.15, 0.2) is 0 Å². The Morgan fingerprint density at radius 2 is 2.05 bits per heavy atom. The van der Waals surface area contributed by atoms with Gasteiger partial charge in [-0.15, -0.1) is 0 Å². The first-order valence-corrected chi connectivity index (χ1v) is 5.97. The van der Waals surface area contributed by atoms with Crippen molar-refractivity contribution in [3.63, 3.8) is 0 Å². The number of amides is 2. The van der Waals surface area contributed by atoms with E-state index in [4.69, 9.17) is 16.7 Å². The number of nitrogens with zero attached hydrogens (tertiary/aromatic N) is 1. The molecule has 0 aliphatic rings. The maximum absolute atomic E-state index is 11.5. The second-order valence-corrected chi connectivity index (χ2v) is 4.12. The van der Waals surface area contributed by atoms with E-state index in [0.717, 1.165) is 6.07 Å². The Labute approximate surface area is 118 Å². The third-order valence-electron chi connectivity index (χ3n) is 2.23. The van der Waals surface area contributed by atoms with Gasteiger partial charge in [0, 0.05) is 24.9 Å². The highest BCUT2D eigenvalue weighted by molar-refractivity contribution is 6.39. The van der Waals surface area contributed by atoms with Gasteiger partial charge in [-0.25, -0.2) is 0 Å². The number of hydrogen-bond donors (Lipinski definition) is 3. The number of nitro groups is 1. The number of nitrogens with one attached hydrogen (secondary N) is 2. The van der Waals surface area contributed by atoms with Crippen LogP contribution in [0.5, 0.6) is 0 Å². The molecule has 3 N–H and O–H groups in total. The molecule has 0 heterocycles. The molecule has 0 aliphatic carbocycles. The molecule has 1 aromatic rings. The normalized spacial score (nSPS) is 9.90. The first kappa shape index (κ1) is 15.9. The Hall–Kier alpha value is -2.19. The maximum Gasteiger partial charge on any atom is 0.313 e.